The minimum absolute atomic E-state index is 0. The van der Waals surface area contributed by atoms with Crippen LogP contribution >= 0.6 is 12.4 Å². The maximum Gasteiger partial charge on any atom is 0.335 e. The van der Waals surface area contributed by atoms with E-state index in [-0.39, 0.29) is 30.1 Å². The first-order chi connectivity index (χ1) is 7.44. The molecule has 96 valence electrons. The Bertz CT molecular complexity index is 363. The number of aliphatic hydroxyl groups is 1. The Balaban J connectivity index is 0.00000256. The van der Waals surface area contributed by atoms with Gasteiger partial charge in [-0.05, 0) is 31.5 Å². The van der Waals surface area contributed by atoms with Crippen LogP contribution in [0.25, 0.3) is 0 Å². The largest absolute Gasteiger partial charge is 0.478 e. The van der Waals surface area contributed by atoms with Gasteiger partial charge in [-0.1, -0.05) is 12.1 Å². The van der Waals surface area contributed by atoms with E-state index in [1.807, 2.05) is 13.8 Å². The fraction of sp³-hybridized carbons (Fsp3) is 0.417. The van der Waals surface area contributed by atoms with Crippen LogP contribution in [0.1, 0.15) is 29.8 Å². The third-order valence-electron chi connectivity index (χ3n) is 2.37. The van der Waals surface area contributed by atoms with Crippen molar-refractivity contribution in [1.82, 2.24) is 5.32 Å². The minimum atomic E-state index is -0.921. The van der Waals surface area contributed by atoms with Gasteiger partial charge in [0.25, 0.3) is 0 Å². The fourth-order valence-corrected chi connectivity index (χ4v) is 1.16. The molecule has 3 N–H and O–H groups in total. The molecule has 0 saturated carbocycles. The Morgan fingerprint density at radius 2 is 1.82 bits per heavy atom. The summed E-state index contributed by atoms with van der Waals surface area (Å²) in [7, 11) is 0. The summed E-state index contributed by atoms with van der Waals surface area (Å²) in [4.78, 5) is 10.6. The highest BCUT2D eigenvalue weighted by Crippen LogP contribution is 2.07. The summed E-state index contributed by atoms with van der Waals surface area (Å²) in [6, 6.07) is 6.68. The number of nitrogens with one attached hydrogen (secondary N) is 1. The zero-order valence-electron chi connectivity index (χ0n) is 9.93. The second-order valence-corrected chi connectivity index (χ2v) is 4.40. The Morgan fingerprint density at radius 1 is 1.29 bits per heavy atom. The van der Waals surface area contributed by atoms with E-state index in [0.29, 0.717) is 6.54 Å². The zero-order valence-corrected chi connectivity index (χ0v) is 10.8. The molecule has 0 amide bonds. The van der Waals surface area contributed by atoms with Crippen LogP contribution in [0.5, 0.6) is 0 Å². The highest BCUT2D eigenvalue weighted by Gasteiger charge is 2.14. The van der Waals surface area contributed by atoms with Crippen molar-refractivity contribution in [3.63, 3.8) is 0 Å². The van der Waals surface area contributed by atoms with Crippen LogP contribution in [-0.2, 0) is 6.54 Å². The summed E-state index contributed by atoms with van der Waals surface area (Å²) in [6.45, 7) is 4.46. The van der Waals surface area contributed by atoms with Crippen molar-refractivity contribution in [1.29, 1.82) is 0 Å². The number of carboxylic acid groups (broad SMARTS) is 1. The standard InChI is InChI=1S/C12H17NO3.ClH/c1-12(2,8-14)13-7-9-3-5-10(6-4-9)11(15)16;/h3-6,13-14H,7-8H2,1-2H3,(H,15,16);1H. The van der Waals surface area contributed by atoms with Gasteiger partial charge in [0.05, 0.1) is 12.2 Å². The van der Waals surface area contributed by atoms with E-state index in [9.17, 15) is 4.79 Å². The highest BCUT2D eigenvalue weighted by molar-refractivity contribution is 5.87. The van der Waals surface area contributed by atoms with Crippen LogP contribution in [0, 0.1) is 0 Å². The van der Waals surface area contributed by atoms with Gasteiger partial charge >= 0.3 is 5.97 Å². The lowest BCUT2D eigenvalue weighted by atomic mass is 10.1. The molecule has 0 aromatic heterocycles. The quantitative estimate of drug-likeness (QED) is 0.752. The summed E-state index contributed by atoms with van der Waals surface area (Å²) in [5.74, 6) is -0.921. The van der Waals surface area contributed by atoms with E-state index in [4.69, 9.17) is 10.2 Å². The van der Waals surface area contributed by atoms with Gasteiger partial charge in [0.15, 0.2) is 0 Å². The maximum absolute atomic E-state index is 10.6. The van der Waals surface area contributed by atoms with Crippen molar-refractivity contribution < 1.29 is 15.0 Å². The first-order valence-electron chi connectivity index (χ1n) is 5.13. The molecular weight excluding hydrogens is 242 g/mol. The smallest absolute Gasteiger partial charge is 0.335 e. The Labute approximate surface area is 107 Å². The molecule has 0 heterocycles. The third kappa shape index (κ3) is 5.17. The van der Waals surface area contributed by atoms with Crippen LogP contribution in [0.15, 0.2) is 24.3 Å². The number of hydrogen-bond acceptors (Lipinski definition) is 3. The number of halogens is 1. The predicted octanol–water partition coefficient (Wildman–Crippen LogP) is 1.67. The van der Waals surface area contributed by atoms with Crippen LogP contribution in [-0.4, -0.2) is 28.3 Å². The number of carbonyl (C=O) groups is 1. The lowest BCUT2D eigenvalue weighted by Gasteiger charge is -2.23. The highest BCUT2D eigenvalue weighted by atomic mass is 35.5. The molecule has 0 aliphatic heterocycles. The normalized spacial score (nSPS) is 10.8. The number of aromatic carboxylic acids is 1. The average Bonchev–Trinajstić information content (AvgIpc) is 2.27. The molecule has 0 saturated heterocycles. The van der Waals surface area contributed by atoms with Crippen molar-refractivity contribution in [2.24, 2.45) is 0 Å². The zero-order chi connectivity index (χ0) is 12.2. The summed E-state index contributed by atoms with van der Waals surface area (Å²) < 4.78 is 0. The fourth-order valence-electron chi connectivity index (χ4n) is 1.16. The van der Waals surface area contributed by atoms with Gasteiger partial charge in [0.1, 0.15) is 0 Å². The van der Waals surface area contributed by atoms with Gasteiger partial charge in [-0.2, -0.15) is 0 Å². The summed E-state index contributed by atoms with van der Waals surface area (Å²) in [5, 5.41) is 20.9. The predicted molar refractivity (Wildman–Crippen MR) is 68.7 cm³/mol. The summed E-state index contributed by atoms with van der Waals surface area (Å²) in [6.07, 6.45) is 0. The van der Waals surface area contributed by atoms with Gasteiger partial charge in [0.2, 0.25) is 0 Å². The molecule has 0 fully saturated rings. The van der Waals surface area contributed by atoms with Crippen molar-refractivity contribution >= 4 is 18.4 Å². The van der Waals surface area contributed by atoms with Crippen LogP contribution in [0.3, 0.4) is 0 Å². The molecule has 0 unspecified atom stereocenters. The van der Waals surface area contributed by atoms with Crippen LogP contribution < -0.4 is 5.32 Å². The molecule has 0 bridgehead atoms. The van der Waals surface area contributed by atoms with Gasteiger partial charge in [-0.15, -0.1) is 12.4 Å². The number of hydrogen-bond donors (Lipinski definition) is 3. The number of benzene rings is 1. The van der Waals surface area contributed by atoms with E-state index < -0.39 is 5.97 Å². The first-order valence-corrected chi connectivity index (χ1v) is 5.13. The van der Waals surface area contributed by atoms with Crippen molar-refractivity contribution in [2.75, 3.05) is 6.61 Å². The topological polar surface area (TPSA) is 69.6 Å². The molecular formula is C12H18ClNO3. The first kappa shape index (κ1) is 15.9. The molecule has 4 nitrogen and oxygen atoms in total. The Morgan fingerprint density at radius 3 is 2.24 bits per heavy atom. The third-order valence-corrected chi connectivity index (χ3v) is 2.37. The van der Waals surface area contributed by atoms with E-state index >= 15 is 0 Å². The summed E-state index contributed by atoms with van der Waals surface area (Å²) >= 11 is 0. The van der Waals surface area contributed by atoms with Gasteiger partial charge in [-0.3, -0.25) is 0 Å². The molecule has 0 atom stereocenters. The molecule has 1 rings (SSSR count). The van der Waals surface area contributed by atoms with Crippen LogP contribution in [0.2, 0.25) is 0 Å². The lowest BCUT2D eigenvalue weighted by Crippen LogP contribution is -2.42. The lowest BCUT2D eigenvalue weighted by molar-refractivity contribution is 0.0697. The van der Waals surface area contributed by atoms with E-state index in [2.05, 4.69) is 5.32 Å². The second-order valence-electron chi connectivity index (χ2n) is 4.40. The molecule has 17 heavy (non-hydrogen) atoms. The molecule has 0 spiro atoms. The van der Waals surface area contributed by atoms with Crippen molar-refractivity contribution in [3.05, 3.63) is 35.4 Å². The monoisotopic (exact) mass is 259 g/mol. The van der Waals surface area contributed by atoms with Crippen molar-refractivity contribution in [2.45, 2.75) is 25.9 Å². The number of carboxylic acids is 1. The van der Waals surface area contributed by atoms with Gasteiger partial charge < -0.3 is 15.5 Å². The van der Waals surface area contributed by atoms with Crippen LogP contribution in [0.4, 0.5) is 0 Å². The molecule has 1 aromatic rings. The maximum atomic E-state index is 10.6. The summed E-state index contributed by atoms with van der Waals surface area (Å²) in [5.41, 5.74) is 0.947. The molecule has 1 aromatic carbocycles. The molecule has 5 heteroatoms. The SMILES string of the molecule is CC(C)(CO)NCc1ccc(C(=O)O)cc1.Cl. The number of aliphatic hydroxyl groups excluding tert-OH is 1. The second kappa shape index (κ2) is 6.59. The minimum Gasteiger partial charge on any atom is -0.478 e. The van der Waals surface area contributed by atoms with E-state index in [1.54, 1.807) is 24.3 Å². The van der Waals surface area contributed by atoms with E-state index in [0.717, 1.165) is 5.56 Å². The van der Waals surface area contributed by atoms with Gasteiger partial charge in [-0.25, -0.2) is 4.79 Å². The molecule has 0 aliphatic rings. The number of rotatable bonds is 5. The average molecular weight is 260 g/mol. The molecule has 0 aliphatic carbocycles. The molecule has 0 radical (unpaired) electrons. The Kier molecular flexibility index (Phi) is 6.16. The van der Waals surface area contributed by atoms with Crippen molar-refractivity contribution in [3.8, 4) is 0 Å². The van der Waals surface area contributed by atoms with Gasteiger partial charge in [0, 0.05) is 12.1 Å². The Hall–Kier alpha value is -1.10. The van der Waals surface area contributed by atoms with E-state index in [1.165, 1.54) is 0 Å².